The lowest BCUT2D eigenvalue weighted by molar-refractivity contribution is 0.391. The molecule has 0 radical (unpaired) electrons. The Morgan fingerprint density at radius 1 is 1.09 bits per heavy atom. The van der Waals surface area contributed by atoms with Crippen LogP contribution in [0.4, 0.5) is 5.69 Å². The van der Waals surface area contributed by atoms with Gasteiger partial charge in [0.25, 0.3) is 10.2 Å². The van der Waals surface area contributed by atoms with Crippen molar-refractivity contribution < 1.29 is 8.42 Å². The minimum Gasteiger partial charge on any atom is -0.381 e. The first-order valence-electron chi connectivity index (χ1n) is 10.9. The number of imidazole rings is 1. The monoisotopic (exact) mass is 493 g/mol. The van der Waals surface area contributed by atoms with Gasteiger partial charge in [0, 0.05) is 30.9 Å². The Hall–Kier alpha value is -3.17. The molecular weight excluding hydrogens is 470 g/mol. The van der Waals surface area contributed by atoms with Gasteiger partial charge in [-0.25, -0.2) is 10.1 Å². The van der Waals surface area contributed by atoms with Crippen LogP contribution in [-0.2, 0) is 29.7 Å². The van der Waals surface area contributed by atoms with Gasteiger partial charge in [-0.2, -0.15) is 12.7 Å². The first-order valence-corrected chi connectivity index (χ1v) is 12.8. The summed E-state index contributed by atoms with van der Waals surface area (Å²) in [5, 5.41) is 9.40. The van der Waals surface area contributed by atoms with E-state index in [1.807, 2.05) is 66.9 Å². The standard InChI is InChI=1S/C25H24ClN5O2S/c26-23-10-9-20(13-22(23)25-29-15-24(30-25)17-5-2-1-3-6-17)28-14-18-7-4-8-19-16-31(34(27,32)33)12-11-21(18)19/h1-10,13,15,28H,11-12,14,16H2,(H,29,30)(H2,27,32,33). The molecule has 1 aliphatic heterocycles. The second-order valence-corrected chi connectivity index (χ2v) is 10.2. The van der Waals surface area contributed by atoms with Gasteiger partial charge < -0.3 is 10.3 Å². The van der Waals surface area contributed by atoms with Gasteiger partial charge >= 0.3 is 0 Å². The van der Waals surface area contributed by atoms with E-state index >= 15 is 0 Å². The molecule has 0 aliphatic carbocycles. The van der Waals surface area contributed by atoms with Crippen molar-refractivity contribution in [3.05, 3.63) is 94.6 Å². The van der Waals surface area contributed by atoms with Crippen molar-refractivity contribution in [2.45, 2.75) is 19.5 Å². The number of nitrogens with zero attached hydrogens (tertiary/aromatic N) is 2. The third kappa shape index (κ3) is 4.71. The van der Waals surface area contributed by atoms with E-state index in [1.54, 1.807) is 0 Å². The first kappa shape index (κ1) is 22.6. The van der Waals surface area contributed by atoms with Crippen molar-refractivity contribution in [1.82, 2.24) is 14.3 Å². The summed E-state index contributed by atoms with van der Waals surface area (Å²) in [6, 6.07) is 21.7. The summed E-state index contributed by atoms with van der Waals surface area (Å²) in [5.74, 6) is 0.702. The highest BCUT2D eigenvalue weighted by molar-refractivity contribution is 7.86. The second-order valence-electron chi connectivity index (χ2n) is 8.24. The Morgan fingerprint density at radius 3 is 2.71 bits per heavy atom. The fourth-order valence-corrected chi connectivity index (χ4v) is 5.15. The first-order chi connectivity index (χ1) is 16.4. The van der Waals surface area contributed by atoms with Crippen molar-refractivity contribution in [3.8, 4) is 22.6 Å². The van der Waals surface area contributed by atoms with E-state index in [9.17, 15) is 8.42 Å². The Balaban J connectivity index is 1.35. The molecule has 0 spiro atoms. The van der Waals surface area contributed by atoms with Crippen LogP contribution in [-0.4, -0.2) is 29.2 Å². The summed E-state index contributed by atoms with van der Waals surface area (Å²) < 4.78 is 24.8. The number of aromatic nitrogens is 2. The minimum absolute atomic E-state index is 0.301. The molecule has 0 bridgehead atoms. The predicted molar refractivity (Wildman–Crippen MR) is 135 cm³/mol. The van der Waals surface area contributed by atoms with Crippen molar-refractivity contribution in [2.75, 3.05) is 11.9 Å². The second kappa shape index (κ2) is 9.23. The van der Waals surface area contributed by atoms with Crippen LogP contribution in [0.25, 0.3) is 22.6 Å². The Bertz CT molecular complexity index is 1440. The van der Waals surface area contributed by atoms with Crippen molar-refractivity contribution >= 4 is 27.5 Å². The fraction of sp³-hybridized carbons (Fsp3) is 0.160. The molecule has 2 heterocycles. The summed E-state index contributed by atoms with van der Waals surface area (Å²) in [6.07, 6.45) is 2.44. The molecule has 174 valence electrons. The highest BCUT2D eigenvalue weighted by Gasteiger charge is 2.24. The predicted octanol–water partition coefficient (Wildman–Crippen LogP) is 4.57. The maximum absolute atomic E-state index is 11.7. The molecule has 4 N–H and O–H groups in total. The lowest BCUT2D eigenvalue weighted by atomic mass is 9.95. The highest BCUT2D eigenvalue weighted by atomic mass is 35.5. The van der Waals surface area contributed by atoms with E-state index in [1.165, 1.54) is 9.87 Å². The number of hydrogen-bond donors (Lipinski definition) is 3. The van der Waals surface area contributed by atoms with E-state index in [0.29, 0.717) is 36.9 Å². The van der Waals surface area contributed by atoms with Gasteiger partial charge in [0.15, 0.2) is 0 Å². The average Bonchev–Trinajstić information content (AvgIpc) is 3.33. The molecule has 0 amide bonds. The van der Waals surface area contributed by atoms with Crippen LogP contribution in [0.3, 0.4) is 0 Å². The zero-order valence-electron chi connectivity index (χ0n) is 18.3. The van der Waals surface area contributed by atoms with Crippen LogP contribution < -0.4 is 10.5 Å². The Labute approximate surface area is 203 Å². The van der Waals surface area contributed by atoms with E-state index < -0.39 is 10.2 Å². The summed E-state index contributed by atoms with van der Waals surface area (Å²) in [7, 11) is -3.69. The topological polar surface area (TPSA) is 104 Å². The summed E-state index contributed by atoms with van der Waals surface area (Å²) in [5.41, 5.74) is 7.00. The van der Waals surface area contributed by atoms with Crippen LogP contribution in [0.15, 0.2) is 72.9 Å². The molecule has 9 heteroatoms. The van der Waals surface area contributed by atoms with E-state index in [4.69, 9.17) is 16.7 Å². The molecule has 7 nitrogen and oxygen atoms in total. The third-order valence-electron chi connectivity index (χ3n) is 6.05. The third-order valence-corrected chi connectivity index (χ3v) is 7.41. The lowest BCUT2D eigenvalue weighted by Crippen LogP contribution is -2.40. The summed E-state index contributed by atoms with van der Waals surface area (Å²) in [4.78, 5) is 7.89. The van der Waals surface area contributed by atoms with Gasteiger partial charge in [-0.1, -0.05) is 60.1 Å². The smallest absolute Gasteiger partial charge is 0.277 e. The molecule has 3 aromatic carbocycles. The quantitative estimate of drug-likeness (QED) is 0.366. The van der Waals surface area contributed by atoms with Crippen LogP contribution >= 0.6 is 11.6 Å². The van der Waals surface area contributed by atoms with Crippen LogP contribution in [0.2, 0.25) is 5.02 Å². The lowest BCUT2D eigenvalue weighted by Gasteiger charge is -2.28. The average molecular weight is 494 g/mol. The molecule has 4 aromatic rings. The molecule has 34 heavy (non-hydrogen) atoms. The molecule has 0 unspecified atom stereocenters. The van der Waals surface area contributed by atoms with E-state index in [2.05, 4.69) is 21.4 Å². The van der Waals surface area contributed by atoms with Gasteiger partial charge in [-0.15, -0.1) is 0 Å². The number of hydrogen-bond acceptors (Lipinski definition) is 4. The number of aromatic amines is 1. The van der Waals surface area contributed by atoms with Crippen molar-refractivity contribution in [1.29, 1.82) is 0 Å². The van der Waals surface area contributed by atoms with Crippen LogP contribution in [0.1, 0.15) is 16.7 Å². The zero-order chi connectivity index (χ0) is 23.7. The van der Waals surface area contributed by atoms with Crippen LogP contribution in [0.5, 0.6) is 0 Å². The molecule has 5 rings (SSSR count). The molecular formula is C25H24ClN5O2S. The largest absolute Gasteiger partial charge is 0.381 e. The Morgan fingerprint density at radius 2 is 1.91 bits per heavy atom. The molecule has 0 saturated carbocycles. The van der Waals surface area contributed by atoms with Gasteiger partial charge in [0.2, 0.25) is 0 Å². The number of fused-ring (bicyclic) bond motifs is 1. The number of H-pyrrole nitrogens is 1. The van der Waals surface area contributed by atoms with Crippen molar-refractivity contribution in [3.63, 3.8) is 0 Å². The number of anilines is 1. The molecule has 0 atom stereocenters. The number of rotatable bonds is 6. The fourth-order valence-electron chi connectivity index (χ4n) is 4.28. The number of halogens is 1. The normalized spacial score (nSPS) is 14.1. The van der Waals surface area contributed by atoms with Gasteiger partial charge in [-0.3, -0.25) is 0 Å². The summed E-state index contributed by atoms with van der Waals surface area (Å²) in [6.45, 7) is 1.29. The van der Waals surface area contributed by atoms with Crippen molar-refractivity contribution in [2.24, 2.45) is 5.14 Å². The zero-order valence-corrected chi connectivity index (χ0v) is 19.9. The Kier molecular flexibility index (Phi) is 6.14. The molecule has 0 fully saturated rings. The molecule has 1 aliphatic rings. The summed E-state index contributed by atoms with van der Waals surface area (Å²) >= 11 is 6.50. The van der Waals surface area contributed by atoms with Gasteiger partial charge in [0.05, 0.1) is 16.9 Å². The van der Waals surface area contributed by atoms with E-state index in [0.717, 1.165) is 33.6 Å². The number of nitrogens with one attached hydrogen (secondary N) is 2. The van der Waals surface area contributed by atoms with Crippen LogP contribution in [0, 0.1) is 0 Å². The molecule has 0 saturated heterocycles. The number of nitrogens with two attached hydrogens (primary N) is 1. The maximum atomic E-state index is 11.7. The minimum atomic E-state index is -3.69. The van der Waals surface area contributed by atoms with Gasteiger partial charge in [0.1, 0.15) is 5.82 Å². The van der Waals surface area contributed by atoms with E-state index in [-0.39, 0.29) is 0 Å². The maximum Gasteiger partial charge on any atom is 0.277 e. The number of benzene rings is 3. The highest BCUT2D eigenvalue weighted by Crippen LogP contribution is 2.31. The molecule has 1 aromatic heterocycles. The van der Waals surface area contributed by atoms with Gasteiger partial charge in [-0.05, 0) is 46.9 Å². The SMILES string of the molecule is NS(=O)(=O)N1CCc2c(CNc3ccc(Cl)c(-c4ncc(-c5ccccc5)[nH]4)c3)cccc2C1.